The van der Waals surface area contributed by atoms with Crippen molar-refractivity contribution in [3.05, 3.63) is 114 Å². The summed E-state index contributed by atoms with van der Waals surface area (Å²) in [6.45, 7) is 0.457. The summed E-state index contributed by atoms with van der Waals surface area (Å²) >= 11 is 0. The number of rotatable bonds is 1. The van der Waals surface area contributed by atoms with Crippen molar-refractivity contribution in [2.75, 3.05) is 19.7 Å². The highest BCUT2D eigenvalue weighted by Crippen LogP contribution is 2.27. The van der Waals surface area contributed by atoms with Gasteiger partial charge in [-0.05, 0) is 71.3 Å². The molecule has 8 rings (SSSR count). The first-order valence-corrected chi connectivity index (χ1v) is 14.9. The van der Waals surface area contributed by atoms with Crippen LogP contribution in [0.15, 0.2) is 91.3 Å². The number of nitrogens with zero attached hydrogens (tertiary/aromatic N) is 3. The molecule has 46 heavy (non-hydrogen) atoms. The predicted octanol–water partition coefficient (Wildman–Crippen LogP) is 4.09. The number of hydrogen-bond donors (Lipinski definition) is 2. The SMILES string of the molecule is Cn1cnc2cc(C(=O)N3C[C@@H]4NC(=O)c5cc(ccc5F)-c5cccc(c5)OCC(=O)NCc5ccc(cc5)O[C@H]4C3)ccc21. The first-order chi connectivity index (χ1) is 22.3. The second kappa shape index (κ2) is 12.0. The first kappa shape index (κ1) is 29.0. The minimum Gasteiger partial charge on any atom is -0.486 e. The van der Waals surface area contributed by atoms with Crippen LogP contribution < -0.4 is 20.1 Å². The number of nitrogens with one attached hydrogen (secondary N) is 2. The Kier molecular flexibility index (Phi) is 7.57. The fourth-order valence-electron chi connectivity index (χ4n) is 5.80. The van der Waals surface area contributed by atoms with E-state index in [-0.39, 0.29) is 37.1 Å². The van der Waals surface area contributed by atoms with E-state index in [4.69, 9.17) is 9.47 Å². The van der Waals surface area contributed by atoms with Gasteiger partial charge in [0.25, 0.3) is 17.7 Å². The molecule has 6 bridgehead atoms. The lowest BCUT2D eigenvalue weighted by molar-refractivity contribution is -0.123. The van der Waals surface area contributed by atoms with Gasteiger partial charge in [0.15, 0.2) is 6.61 Å². The van der Waals surface area contributed by atoms with Gasteiger partial charge < -0.3 is 29.6 Å². The van der Waals surface area contributed by atoms with Gasteiger partial charge in [0.1, 0.15) is 23.4 Å². The maximum atomic E-state index is 15.1. The van der Waals surface area contributed by atoms with Gasteiger partial charge in [0.05, 0.1) is 35.5 Å². The second-order valence-corrected chi connectivity index (χ2v) is 11.4. The molecule has 4 heterocycles. The molecule has 3 aliphatic heterocycles. The van der Waals surface area contributed by atoms with Crippen molar-refractivity contribution < 1.29 is 28.2 Å². The summed E-state index contributed by atoms with van der Waals surface area (Å²) in [4.78, 5) is 45.7. The zero-order valence-electron chi connectivity index (χ0n) is 24.9. The van der Waals surface area contributed by atoms with Gasteiger partial charge in [-0.25, -0.2) is 9.37 Å². The maximum absolute atomic E-state index is 15.1. The Hall–Kier alpha value is -5.71. The van der Waals surface area contributed by atoms with E-state index in [2.05, 4.69) is 15.6 Å². The monoisotopic (exact) mass is 619 g/mol. The maximum Gasteiger partial charge on any atom is 0.258 e. The van der Waals surface area contributed by atoms with E-state index < -0.39 is 23.9 Å². The second-order valence-electron chi connectivity index (χ2n) is 11.4. The van der Waals surface area contributed by atoms with Gasteiger partial charge in [0.2, 0.25) is 0 Å². The predicted molar refractivity (Wildman–Crippen MR) is 168 cm³/mol. The van der Waals surface area contributed by atoms with Crippen molar-refractivity contribution in [1.82, 2.24) is 25.1 Å². The average molecular weight is 620 g/mol. The highest BCUT2D eigenvalue weighted by atomic mass is 19.1. The third kappa shape index (κ3) is 5.86. The van der Waals surface area contributed by atoms with E-state index in [0.29, 0.717) is 40.3 Å². The number of likely N-dealkylation sites (tertiary alicyclic amines) is 1. The van der Waals surface area contributed by atoms with Crippen LogP contribution in [0.25, 0.3) is 22.2 Å². The third-order valence-electron chi connectivity index (χ3n) is 8.29. The molecule has 232 valence electrons. The Morgan fingerprint density at radius 2 is 1.76 bits per heavy atom. The normalized spacial score (nSPS) is 18.3. The zero-order chi connectivity index (χ0) is 31.8. The van der Waals surface area contributed by atoms with Gasteiger partial charge in [-0.1, -0.05) is 30.3 Å². The molecule has 0 radical (unpaired) electrons. The molecule has 5 aromatic rings. The van der Waals surface area contributed by atoms with Crippen LogP contribution in [-0.2, 0) is 18.4 Å². The Labute approximate surface area is 263 Å². The summed E-state index contributed by atoms with van der Waals surface area (Å²) in [5.41, 5.74) is 4.04. The molecule has 10 nitrogen and oxygen atoms in total. The van der Waals surface area contributed by atoms with Crippen LogP contribution in [0.4, 0.5) is 4.39 Å². The molecule has 2 N–H and O–H groups in total. The molecular weight excluding hydrogens is 589 g/mol. The van der Waals surface area contributed by atoms with E-state index in [1.807, 2.05) is 35.9 Å². The summed E-state index contributed by atoms with van der Waals surface area (Å²) in [5.74, 6) is -0.856. The summed E-state index contributed by atoms with van der Waals surface area (Å²) in [6, 6.07) is 23.2. The van der Waals surface area contributed by atoms with E-state index in [1.165, 1.54) is 12.1 Å². The molecular formula is C35H30FN5O5. The number of hydrogen-bond acceptors (Lipinski definition) is 6. The Bertz CT molecular complexity index is 1970. The van der Waals surface area contributed by atoms with Crippen LogP contribution >= 0.6 is 0 Å². The number of aromatic nitrogens is 2. The highest BCUT2D eigenvalue weighted by Gasteiger charge is 2.39. The van der Waals surface area contributed by atoms with E-state index in [1.54, 1.807) is 59.8 Å². The van der Waals surface area contributed by atoms with Gasteiger partial charge in [-0.15, -0.1) is 0 Å². The lowest BCUT2D eigenvalue weighted by Gasteiger charge is -2.21. The first-order valence-electron chi connectivity index (χ1n) is 14.9. The summed E-state index contributed by atoms with van der Waals surface area (Å²) in [7, 11) is 1.88. The Morgan fingerprint density at radius 3 is 2.61 bits per heavy atom. The molecule has 11 heteroatoms. The standard InChI is InChI=1S/C35H30FN5O5/c1-40-20-38-29-15-24(8-12-31(29)40)35(44)41-17-30-32(18-41)46-25-9-5-21(6-10-25)16-37-33(42)19-45-26-4-2-3-22(13-26)23-7-11-28(36)27(14-23)34(43)39-30/h2-15,20,30,32H,16-19H2,1H3,(H,37,42)(H,39,43)/t30-,32-/m0/s1. The largest absolute Gasteiger partial charge is 0.486 e. The number of carbonyl (C=O) groups excluding carboxylic acids is 3. The minimum atomic E-state index is -0.685. The van der Waals surface area contributed by atoms with Gasteiger partial charge in [0, 0.05) is 25.7 Å². The van der Waals surface area contributed by atoms with Crippen molar-refractivity contribution in [3.8, 4) is 22.6 Å². The number of aryl methyl sites for hydroxylation is 1. The van der Waals surface area contributed by atoms with Crippen molar-refractivity contribution >= 4 is 28.8 Å². The van der Waals surface area contributed by atoms with Crippen LogP contribution in [0, 0.1) is 5.82 Å². The van der Waals surface area contributed by atoms with Crippen molar-refractivity contribution in [1.29, 1.82) is 0 Å². The molecule has 3 aliphatic rings. The third-order valence-corrected chi connectivity index (χ3v) is 8.29. The van der Waals surface area contributed by atoms with Gasteiger partial charge in [-0.3, -0.25) is 14.4 Å². The Morgan fingerprint density at radius 1 is 0.935 bits per heavy atom. The molecule has 0 saturated carbocycles. The fourth-order valence-corrected chi connectivity index (χ4v) is 5.80. The number of imidazole rings is 1. The topological polar surface area (TPSA) is 115 Å². The molecule has 0 spiro atoms. The van der Waals surface area contributed by atoms with E-state index in [0.717, 1.165) is 11.1 Å². The Balaban J connectivity index is 1.21. The number of carbonyl (C=O) groups is 3. The van der Waals surface area contributed by atoms with Crippen LogP contribution in [0.2, 0.25) is 0 Å². The van der Waals surface area contributed by atoms with Gasteiger partial charge in [-0.2, -0.15) is 0 Å². The molecule has 1 aromatic heterocycles. The van der Waals surface area contributed by atoms with Crippen LogP contribution in [0.1, 0.15) is 26.3 Å². The van der Waals surface area contributed by atoms with Crippen molar-refractivity contribution in [3.63, 3.8) is 0 Å². The number of halogens is 1. The lowest BCUT2D eigenvalue weighted by Crippen LogP contribution is -2.45. The molecule has 0 unspecified atom stereocenters. The molecule has 0 aliphatic carbocycles. The van der Waals surface area contributed by atoms with Crippen LogP contribution in [0.3, 0.4) is 0 Å². The summed E-state index contributed by atoms with van der Waals surface area (Å²) in [6.07, 6.45) is 1.07. The highest BCUT2D eigenvalue weighted by molar-refractivity contribution is 5.98. The molecule has 3 amide bonds. The molecule has 1 fully saturated rings. The van der Waals surface area contributed by atoms with E-state index >= 15 is 4.39 Å². The van der Waals surface area contributed by atoms with Gasteiger partial charge >= 0.3 is 0 Å². The average Bonchev–Trinajstić information content (AvgIpc) is 3.65. The molecule has 1 saturated heterocycles. The smallest absolute Gasteiger partial charge is 0.258 e. The number of benzene rings is 4. The van der Waals surface area contributed by atoms with Crippen molar-refractivity contribution in [2.24, 2.45) is 7.05 Å². The molecule has 2 atom stereocenters. The summed E-state index contributed by atoms with van der Waals surface area (Å²) < 4.78 is 29.0. The quantitative estimate of drug-likeness (QED) is 0.292. The zero-order valence-corrected chi connectivity index (χ0v) is 24.9. The number of amides is 3. The molecule has 4 aromatic carbocycles. The number of ether oxygens (including phenoxy) is 2. The summed E-state index contributed by atoms with van der Waals surface area (Å²) in [5, 5.41) is 5.78. The van der Waals surface area contributed by atoms with Crippen LogP contribution in [-0.4, -0.2) is 64.0 Å². The van der Waals surface area contributed by atoms with E-state index in [9.17, 15) is 14.4 Å². The van der Waals surface area contributed by atoms with Crippen LogP contribution in [0.5, 0.6) is 11.5 Å². The lowest BCUT2D eigenvalue weighted by atomic mass is 10.0. The fraction of sp³-hybridized carbons (Fsp3) is 0.200. The minimum absolute atomic E-state index is 0.147. The van der Waals surface area contributed by atoms with Crippen molar-refractivity contribution in [2.45, 2.75) is 18.7 Å². The number of fused-ring (bicyclic) bond motifs is 8.